The van der Waals surface area contributed by atoms with E-state index in [1.165, 1.54) is 57.8 Å². The SMILES string of the molecule is CC1CCC2CC(O)CCC2C1.NC1CCCCC1. The zero-order valence-electron chi connectivity index (χ0n) is 12.7. The van der Waals surface area contributed by atoms with E-state index >= 15 is 0 Å². The van der Waals surface area contributed by atoms with E-state index in [0.29, 0.717) is 6.04 Å². The summed E-state index contributed by atoms with van der Waals surface area (Å²) >= 11 is 0. The van der Waals surface area contributed by atoms with Crippen molar-refractivity contribution in [1.82, 2.24) is 0 Å². The molecule has 3 aliphatic carbocycles. The summed E-state index contributed by atoms with van der Waals surface area (Å²) in [5.41, 5.74) is 5.63. The van der Waals surface area contributed by atoms with Crippen molar-refractivity contribution in [2.45, 2.75) is 89.7 Å². The summed E-state index contributed by atoms with van der Waals surface area (Å²) in [7, 11) is 0. The van der Waals surface area contributed by atoms with Crippen molar-refractivity contribution in [1.29, 1.82) is 0 Å². The van der Waals surface area contributed by atoms with Crippen LogP contribution in [0, 0.1) is 17.8 Å². The maximum absolute atomic E-state index is 9.51. The van der Waals surface area contributed by atoms with E-state index in [0.717, 1.165) is 30.6 Å². The molecular formula is C17H33NO. The second kappa shape index (κ2) is 7.64. The molecule has 3 N–H and O–H groups in total. The van der Waals surface area contributed by atoms with Gasteiger partial charge in [0, 0.05) is 6.04 Å². The maximum Gasteiger partial charge on any atom is 0.0543 e. The zero-order valence-corrected chi connectivity index (χ0v) is 12.7. The number of hydrogen-bond donors (Lipinski definition) is 2. The molecule has 112 valence electrons. The highest BCUT2D eigenvalue weighted by Crippen LogP contribution is 2.42. The van der Waals surface area contributed by atoms with Gasteiger partial charge in [0.25, 0.3) is 0 Å². The lowest BCUT2D eigenvalue weighted by Gasteiger charge is -2.40. The lowest BCUT2D eigenvalue weighted by Crippen LogP contribution is -2.32. The number of rotatable bonds is 0. The van der Waals surface area contributed by atoms with Gasteiger partial charge in [-0.15, -0.1) is 0 Å². The summed E-state index contributed by atoms with van der Waals surface area (Å²) in [6.45, 7) is 2.38. The average molecular weight is 267 g/mol. The monoisotopic (exact) mass is 267 g/mol. The van der Waals surface area contributed by atoms with Crippen molar-refractivity contribution >= 4 is 0 Å². The second-order valence-corrected chi connectivity index (χ2v) is 7.30. The Balaban J connectivity index is 0.000000163. The third-order valence-corrected chi connectivity index (χ3v) is 5.50. The molecule has 3 aliphatic rings. The van der Waals surface area contributed by atoms with Gasteiger partial charge in [0.1, 0.15) is 0 Å². The molecule has 0 saturated heterocycles. The Hall–Kier alpha value is -0.0800. The van der Waals surface area contributed by atoms with Gasteiger partial charge in [0.2, 0.25) is 0 Å². The fourth-order valence-electron chi connectivity index (χ4n) is 4.23. The number of aliphatic hydroxyl groups excluding tert-OH is 1. The Morgan fingerprint density at radius 2 is 1.42 bits per heavy atom. The van der Waals surface area contributed by atoms with E-state index in [-0.39, 0.29) is 6.10 Å². The standard InChI is InChI=1S/C11H20O.C6H13N/c1-8-2-3-10-7-11(12)5-4-9(10)6-8;7-6-4-2-1-3-5-6/h8-12H,2-7H2,1H3;6H,1-5,7H2. The fraction of sp³-hybridized carbons (Fsp3) is 1.00. The van der Waals surface area contributed by atoms with Crippen LogP contribution in [0.2, 0.25) is 0 Å². The molecule has 0 bridgehead atoms. The second-order valence-electron chi connectivity index (χ2n) is 7.30. The minimum Gasteiger partial charge on any atom is -0.393 e. The van der Waals surface area contributed by atoms with Crippen LogP contribution >= 0.6 is 0 Å². The van der Waals surface area contributed by atoms with Crippen LogP contribution in [0.25, 0.3) is 0 Å². The van der Waals surface area contributed by atoms with Gasteiger partial charge in [-0.1, -0.05) is 32.6 Å². The first-order valence-corrected chi connectivity index (χ1v) is 8.58. The molecule has 0 spiro atoms. The molecule has 2 nitrogen and oxygen atoms in total. The van der Waals surface area contributed by atoms with Gasteiger partial charge < -0.3 is 10.8 Å². The van der Waals surface area contributed by atoms with Gasteiger partial charge in [-0.05, 0) is 62.7 Å². The summed E-state index contributed by atoms with van der Waals surface area (Å²) in [6, 6.07) is 0.536. The maximum atomic E-state index is 9.51. The molecule has 4 atom stereocenters. The molecule has 0 aromatic rings. The van der Waals surface area contributed by atoms with Crippen molar-refractivity contribution in [3.05, 3.63) is 0 Å². The molecule has 4 unspecified atom stereocenters. The van der Waals surface area contributed by atoms with E-state index in [1.54, 1.807) is 0 Å². The molecule has 2 heteroatoms. The summed E-state index contributed by atoms with van der Waals surface area (Å²) in [5.74, 6) is 2.77. The van der Waals surface area contributed by atoms with Crippen LogP contribution in [0.3, 0.4) is 0 Å². The first-order valence-electron chi connectivity index (χ1n) is 8.58. The molecule has 0 heterocycles. The van der Waals surface area contributed by atoms with Crippen molar-refractivity contribution in [2.75, 3.05) is 0 Å². The van der Waals surface area contributed by atoms with Gasteiger partial charge in [-0.3, -0.25) is 0 Å². The Morgan fingerprint density at radius 3 is 2.05 bits per heavy atom. The smallest absolute Gasteiger partial charge is 0.0543 e. The van der Waals surface area contributed by atoms with Crippen LogP contribution in [-0.4, -0.2) is 17.3 Å². The van der Waals surface area contributed by atoms with Crippen LogP contribution in [-0.2, 0) is 0 Å². The van der Waals surface area contributed by atoms with E-state index in [2.05, 4.69) is 6.92 Å². The molecule has 0 aromatic heterocycles. The normalized spacial score (nSPS) is 39.9. The van der Waals surface area contributed by atoms with Gasteiger partial charge in [0.05, 0.1) is 6.10 Å². The van der Waals surface area contributed by atoms with Crippen molar-refractivity contribution < 1.29 is 5.11 Å². The highest BCUT2D eigenvalue weighted by atomic mass is 16.3. The van der Waals surface area contributed by atoms with Crippen molar-refractivity contribution in [2.24, 2.45) is 23.5 Å². The molecule has 19 heavy (non-hydrogen) atoms. The predicted octanol–water partition coefficient (Wildman–Crippen LogP) is 3.86. The first kappa shape index (κ1) is 15.3. The third kappa shape index (κ3) is 5.07. The van der Waals surface area contributed by atoms with Crippen molar-refractivity contribution in [3.8, 4) is 0 Å². The Bertz CT molecular complexity index is 232. The number of hydrogen-bond acceptors (Lipinski definition) is 2. The van der Waals surface area contributed by atoms with Crippen LogP contribution in [0.15, 0.2) is 0 Å². The third-order valence-electron chi connectivity index (χ3n) is 5.50. The number of nitrogens with two attached hydrogens (primary N) is 1. The fourth-order valence-corrected chi connectivity index (χ4v) is 4.23. The Labute approximate surface area is 119 Å². The highest BCUT2D eigenvalue weighted by molar-refractivity contribution is 4.84. The minimum atomic E-state index is 0.0275. The summed E-state index contributed by atoms with van der Waals surface area (Å²) < 4.78 is 0. The molecule has 3 rings (SSSR count). The van der Waals surface area contributed by atoms with Gasteiger partial charge in [-0.2, -0.15) is 0 Å². The highest BCUT2D eigenvalue weighted by Gasteiger charge is 2.33. The van der Waals surface area contributed by atoms with E-state index < -0.39 is 0 Å². The number of aliphatic hydroxyl groups is 1. The molecule has 0 aliphatic heterocycles. The first-order chi connectivity index (χ1) is 9.15. The van der Waals surface area contributed by atoms with Gasteiger partial charge in [-0.25, -0.2) is 0 Å². The van der Waals surface area contributed by atoms with Crippen LogP contribution in [0.1, 0.15) is 77.6 Å². The lowest BCUT2D eigenvalue weighted by atomic mass is 9.67. The minimum absolute atomic E-state index is 0.0275. The topological polar surface area (TPSA) is 46.2 Å². The Kier molecular flexibility index (Phi) is 6.15. The Morgan fingerprint density at radius 1 is 0.789 bits per heavy atom. The summed E-state index contributed by atoms with van der Waals surface area (Å²) in [4.78, 5) is 0. The summed E-state index contributed by atoms with van der Waals surface area (Å²) in [6.07, 6.45) is 14.3. The average Bonchev–Trinajstić information content (AvgIpc) is 2.41. The quantitative estimate of drug-likeness (QED) is 0.700. The van der Waals surface area contributed by atoms with E-state index in [1.807, 2.05) is 0 Å². The molecule has 3 saturated carbocycles. The molecule has 0 radical (unpaired) electrons. The zero-order chi connectivity index (χ0) is 13.7. The lowest BCUT2D eigenvalue weighted by molar-refractivity contribution is 0.0377. The summed E-state index contributed by atoms with van der Waals surface area (Å²) in [5, 5.41) is 9.51. The van der Waals surface area contributed by atoms with Gasteiger partial charge >= 0.3 is 0 Å². The number of fused-ring (bicyclic) bond motifs is 1. The largest absolute Gasteiger partial charge is 0.393 e. The molecule has 3 fully saturated rings. The van der Waals surface area contributed by atoms with Crippen LogP contribution in [0.4, 0.5) is 0 Å². The predicted molar refractivity (Wildman–Crippen MR) is 80.9 cm³/mol. The van der Waals surface area contributed by atoms with Crippen molar-refractivity contribution in [3.63, 3.8) is 0 Å². The van der Waals surface area contributed by atoms with Crippen LogP contribution in [0.5, 0.6) is 0 Å². The molecule has 0 amide bonds. The molecule has 0 aromatic carbocycles. The van der Waals surface area contributed by atoms with E-state index in [9.17, 15) is 5.11 Å². The van der Waals surface area contributed by atoms with E-state index in [4.69, 9.17) is 5.73 Å². The van der Waals surface area contributed by atoms with Crippen LogP contribution < -0.4 is 5.73 Å². The van der Waals surface area contributed by atoms with Gasteiger partial charge in [0.15, 0.2) is 0 Å². The molecular weight excluding hydrogens is 234 g/mol.